The molecule has 3 N–H and O–H groups in total. The van der Waals surface area contributed by atoms with E-state index in [0.29, 0.717) is 0 Å². The Morgan fingerprint density at radius 3 is 2.70 bits per heavy atom. The molecule has 0 radical (unpaired) electrons. The molecule has 0 amide bonds. The average Bonchev–Trinajstić information content (AvgIpc) is 2.96. The van der Waals surface area contributed by atoms with Crippen LogP contribution in [0.5, 0.6) is 0 Å². The van der Waals surface area contributed by atoms with E-state index in [1.807, 2.05) is 6.07 Å². The Morgan fingerprint density at radius 1 is 1.09 bits per heavy atom. The predicted molar refractivity (Wildman–Crippen MR) is 99.2 cm³/mol. The second kappa shape index (κ2) is 7.72. The first-order valence-corrected chi connectivity index (χ1v) is 7.24. The van der Waals surface area contributed by atoms with E-state index in [1.54, 1.807) is 0 Å². The van der Waals surface area contributed by atoms with Gasteiger partial charge >= 0.3 is 0 Å². The summed E-state index contributed by atoms with van der Waals surface area (Å²) in [6, 6.07) is 9.40. The molecule has 3 nitrogen and oxygen atoms in total. The zero-order valence-electron chi connectivity index (χ0n) is 12.5. The van der Waals surface area contributed by atoms with Crippen molar-refractivity contribution in [1.29, 1.82) is 0 Å². The summed E-state index contributed by atoms with van der Waals surface area (Å²) in [4.78, 5) is 4.06. The zero-order chi connectivity index (χ0) is 15.5. The van der Waals surface area contributed by atoms with Gasteiger partial charge in [0.15, 0.2) is 5.96 Å². The molecule has 2 aromatic rings. The van der Waals surface area contributed by atoms with E-state index in [2.05, 4.69) is 22.4 Å². The molecule has 0 saturated heterocycles. The number of aryl methyl sites for hydroxylation is 2. The standard InChI is InChI=1S/C17H17F2N3.HI/c18-14-5-7-16(19)13(8-14)10-21-17(20)22-15-6-4-11-2-1-3-12(11)9-15;/h4-9H,1-3,10H2,(H3,20,21,22);1H. The number of anilines is 1. The monoisotopic (exact) mass is 429 g/mol. The first kappa shape index (κ1) is 17.7. The first-order valence-electron chi connectivity index (χ1n) is 7.24. The number of nitrogens with two attached hydrogens (primary N) is 1. The summed E-state index contributed by atoms with van der Waals surface area (Å²) < 4.78 is 26.6. The minimum Gasteiger partial charge on any atom is -0.370 e. The molecule has 0 heterocycles. The van der Waals surface area contributed by atoms with Gasteiger partial charge in [0.25, 0.3) is 0 Å². The molecule has 0 fully saturated rings. The van der Waals surface area contributed by atoms with Gasteiger partial charge in [-0.25, -0.2) is 13.8 Å². The van der Waals surface area contributed by atoms with Crippen molar-refractivity contribution in [2.45, 2.75) is 25.8 Å². The smallest absolute Gasteiger partial charge is 0.193 e. The summed E-state index contributed by atoms with van der Waals surface area (Å²) in [5, 5.41) is 2.99. The van der Waals surface area contributed by atoms with E-state index >= 15 is 0 Å². The largest absolute Gasteiger partial charge is 0.370 e. The third kappa shape index (κ3) is 4.40. The van der Waals surface area contributed by atoms with Crippen molar-refractivity contribution in [2.24, 2.45) is 10.7 Å². The van der Waals surface area contributed by atoms with Gasteiger partial charge in [-0.2, -0.15) is 0 Å². The number of rotatable bonds is 3. The molecule has 0 atom stereocenters. The van der Waals surface area contributed by atoms with Crippen molar-refractivity contribution in [2.75, 3.05) is 5.32 Å². The highest BCUT2D eigenvalue weighted by atomic mass is 127. The van der Waals surface area contributed by atoms with Gasteiger partial charge in [-0.05, 0) is 60.7 Å². The molecule has 1 aliphatic rings. The van der Waals surface area contributed by atoms with E-state index in [0.717, 1.165) is 36.7 Å². The molecule has 23 heavy (non-hydrogen) atoms. The molecule has 2 aromatic carbocycles. The van der Waals surface area contributed by atoms with Gasteiger partial charge in [0, 0.05) is 11.3 Å². The van der Waals surface area contributed by atoms with E-state index in [1.165, 1.54) is 17.5 Å². The lowest BCUT2D eigenvalue weighted by molar-refractivity contribution is 0.586. The normalized spacial score (nSPS) is 13.4. The summed E-state index contributed by atoms with van der Waals surface area (Å²) >= 11 is 0. The van der Waals surface area contributed by atoms with Crippen LogP contribution in [0.1, 0.15) is 23.1 Å². The first-order chi connectivity index (χ1) is 10.6. The zero-order valence-corrected chi connectivity index (χ0v) is 14.8. The molecule has 0 bridgehead atoms. The Balaban J connectivity index is 0.00000192. The van der Waals surface area contributed by atoms with Crippen LogP contribution in [-0.2, 0) is 19.4 Å². The Morgan fingerprint density at radius 2 is 1.87 bits per heavy atom. The lowest BCUT2D eigenvalue weighted by Gasteiger charge is -2.08. The molecular weight excluding hydrogens is 411 g/mol. The van der Waals surface area contributed by atoms with E-state index < -0.39 is 11.6 Å². The van der Waals surface area contributed by atoms with Crippen molar-refractivity contribution in [1.82, 2.24) is 0 Å². The number of halogens is 3. The van der Waals surface area contributed by atoms with Gasteiger partial charge in [-0.3, -0.25) is 0 Å². The lowest BCUT2D eigenvalue weighted by atomic mass is 10.1. The molecule has 1 aliphatic carbocycles. The van der Waals surface area contributed by atoms with Gasteiger partial charge in [0.1, 0.15) is 11.6 Å². The molecule has 0 unspecified atom stereocenters. The maximum atomic E-state index is 13.5. The van der Waals surface area contributed by atoms with Crippen molar-refractivity contribution < 1.29 is 8.78 Å². The van der Waals surface area contributed by atoms with Crippen molar-refractivity contribution in [3.8, 4) is 0 Å². The van der Waals surface area contributed by atoms with Gasteiger partial charge in [0.05, 0.1) is 6.54 Å². The van der Waals surface area contributed by atoms with Crippen molar-refractivity contribution in [3.05, 3.63) is 64.7 Å². The predicted octanol–water partition coefficient (Wildman–Crippen LogP) is 4.00. The second-order valence-electron chi connectivity index (χ2n) is 5.40. The number of fused-ring (bicyclic) bond motifs is 1. The fourth-order valence-corrected chi connectivity index (χ4v) is 2.67. The minimum absolute atomic E-state index is 0. The van der Waals surface area contributed by atoms with Crippen LogP contribution >= 0.6 is 24.0 Å². The number of benzene rings is 2. The van der Waals surface area contributed by atoms with E-state index in [4.69, 9.17) is 5.73 Å². The van der Waals surface area contributed by atoms with Crippen LogP contribution in [0, 0.1) is 11.6 Å². The maximum absolute atomic E-state index is 13.5. The Kier molecular flexibility index (Phi) is 5.92. The van der Waals surface area contributed by atoms with Gasteiger partial charge in [-0.1, -0.05) is 6.07 Å². The number of nitrogens with zero attached hydrogens (tertiary/aromatic N) is 1. The molecule has 0 aliphatic heterocycles. The van der Waals surface area contributed by atoms with Crippen LogP contribution in [0.3, 0.4) is 0 Å². The van der Waals surface area contributed by atoms with Crippen molar-refractivity contribution in [3.63, 3.8) is 0 Å². The summed E-state index contributed by atoms with van der Waals surface area (Å²) in [5.74, 6) is -0.797. The number of hydrogen-bond acceptors (Lipinski definition) is 1. The topological polar surface area (TPSA) is 50.4 Å². The van der Waals surface area contributed by atoms with Gasteiger partial charge in [-0.15, -0.1) is 24.0 Å². The molecule has 0 aromatic heterocycles. The number of hydrogen-bond donors (Lipinski definition) is 2. The van der Waals surface area contributed by atoms with Crippen LogP contribution in [0.4, 0.5) is 14.5 Å². The third-order valence-electron chi connectivity index (χ3n) is 3.80. The molecule has 0 spiro atoms. The maximum Gasteiger partial charge on any atom is 0.193 e. The molecule has 6 heteroatoms. The second-order valence-corrected chi connectivity index (χ2v) is 5.40. The fraction of sp³-hybridized carbons (Fsp3) is 0.235. The van der Waals surface area contributed by atoms with Crippen molar-refractivity contribution >= 4 is 35.6 Å². The van der Waals surface area contributed by atoms with Crippen LogP contribution in [0.2, 0.25) is 0 Å². The Bertz CT molecular complexity index is 732. The summed E-state index contributed by atoms with van der Waals surface area (Å²) in [6.45, 7) is -0.00658. The van der Waals surface area contributed by atoms with E-state index in [-0.39, 0.29) is 42.0 Å². The third-order valence-corrected chi connectivity index (χ3v) is 3.80. The SMILES string of the molecule is I.NC(=NCc1cc(F)ccc1F)Nc1ccc2c(c1)CCC2. The van der Waals surface area contributed by atoms with Crippen LogP contribution in [0.15, 0.2) is 41.4 Å². The fourth-order valence-electron chi connectivity index (χ4n) is 2.67. The summed E-state index contributed by atoms with van der Waals surface area (Å²) in [7, 11) is 0. The average molecular weight is 429 g/mol. The minimum atomic E-state index is -0.490. The number of aliphatic imine (C=N–C) groups is 1. The van der Waals surface area contributed by atoms with Gasteiger partial charge in [0.2, 0.25) is 0 Å². The van der Waals surface area contributed by atoms with Crippen LogP contribution in [0.25, 0.3) is 0 Å². The highest BCUT2D eigenvalue weighted by molar-refractivity contribution is 14.0. The lowest BCUT2D eigenvalue weighted by Crippen LogP contribution is -2.22. The number of guanidine groups is 1. The van der Waals surface area contributed by atoms with Crippen LogP contribution in [-0.4, -0.2) is 5.96 Å². The molecule has 3 rings (SSSR count). The molecule has 0 saturated carbocycles. The summed E-state index contributed by atoms with van der Waals surface area (Å²) in [5.41, 5.74) is 9.56. The molecular formula is C17H18F2IN3. The molecule has 122 valence electrons. The highest BCUT2D eigenvalue weighted by Gasteiger charge is 2.11. The Labute approximate surface area is 151 Å². The van der Waals surface area contributed by atoms with Gasteiger partial charge < -0.3 is 11.1 Å². The summed E-state index contributed by atoms with van der Waals surface area (Å²) in [6.07, 6.45) is 3.38. The highest BCUT2D eigenvalue weighted by Crippen LogP contribution is 2.24. The Hall–Kier alpha value is -1.70. The quantitative estimate of drug-likeness (QED) is 0.441. The van der Waals surface area contributed by atoms with E-state index in [9.17, 15) is 8.78 Å². The van der Waals surface area contributed by atoms with Crippen LogP contribution < -0.4 is 11.1 Å². The number of nitrogens with one attached hydrogen (secondary N) is 1.